The summed E-state index contributed by atoms with van der Waals surface area (Å²) in [5.41, 5.74) is -3.56. The van der Waals surface area contributed by atoms with Gasteiger partial charge >= 0.3 is 12.5 Å². The minimum Gasteiger partial charge on any atom is -0.379 e. The molecule has 0 spiro atoms. The smallest absolute Gasteiger partial charge is 0.379 e. The summed E-state index contributed by atoms with van der Waals surface area (Å²) in [6.45, 7) is -0.986. The standard InChI is InChI=1S/C13H14F6N2O3/c1-9(10-5-3-2-4-6-10)7-11(22,12(14,15)16)8-20(21(23)24)13(17,18)19/h2-6,9,22H,7-8H2,1H3. The summed E-state index contributed by atoms with van der Waals surface area (Å²) in [4.78, 5) is 10.4. The van der Waals surface area contributed by atoms with Crippen LogP contribution >= 0.6 is 0 Å². The SMILES string of the molecule is CC(CC(O)(CN([N+](=O)[O-])C(F)(F)F)C(F)(F)F)c1ccccc1. The van der Waals surface area contributed by atoms with E-state index in [9.17, 15) is 41.6 Å². The number of hydrazine groups is 1. The summed E-state index contributed by atoms with van der Waals surface area (Å²) in [6, 6.07) is 7.49. The second-order valence-corrected chi connectivity index (χ2v) is 5.31. The number of alkyl halides is 6. The topological polar surface area (TPSA) is 66.6 Å². The second kappa shape index (κ2) is 6.83. The van der Waals surface area contributed by atoms with Gasteiger partial charge in [-0.05, 0) is 22.9 Å². The van der Waals surface area contributed by atoms with E-state index in [1.807, 2.05) is 0 Å². The summed E-state index contributed by atoms with van der Waals surface area (Å²) in [5.74, 6) is -0.986. The van der Waals surface area contributed by atoms with Gasteiger partial charge in [-0.1, -0.05) is 37.3 Å². The van der Waals surface area contributed by atoms with Crippen LogP contribution in [0.15, 0.2) is 30.3 Å². The molecule has 0 saturated carbocycles. The highest BCUT2D eigenvalue weighted by Crippen LogP contribution is 2.40. The molecule has 0 fully saturated rings. The monoisotopic (exact) mass is 360 g/mol. The zero-order chi connectivity index (χ0) is 18.8. The number of hydrogen-bond acceptors (Lipinski definition) is 3. The van der Waals surface area contributed by atoms with Crippen molar-refractivity contribution in [3.8, 4) is 0 Å². The summed E-state index contributed by atoms with van der Waals surface area (Å²) >= 11 is 0. The van der Waals surface area contributed by atoms with Gasteiger partial charge in [0.25, 0.3) is 0 Å². The molecule has 0 aliphatic heterocycles. The Labute approximate surface area is 132 Å². The van der Waals surface area contributed by atoms with Crippen LogP contribution in [0.5, 0.6) is 0 Å². The molecular formula is C13H14F6N2O3. The first-order valence-electron chi connectivity index (χ1n) is 6.60. The largest absolute Gasteiger partial charge is 0.536 e. The van der Waals surface area contributed by atoms with Gasteiger partial charge in [0.05, 0.1) is 0 Å². The highest BCUT2D eigenvalue weighted by Gasteiger charge is 2.60. The quantitative estimate of drug-likeness (QED) is 0.365. The Balaban J connectivity index is 3.13. The number of benzene rings is 1. The third kappa shape index (κ3) is 4.73. The molecule has 11 heteroatoms. The first kappa shape index (κ1) is 20.0. The van der Waals surface area contributed by atoms with Crippen molar-refractivity contribution >= 4 is 0 Å². The molecule has 136 valence electrons. The van der Waals surface area contributed by atoms with E-state index in [1.165, 1.54) is 31.2 Å². The molecule has 0 aliphatic carbocycles. The lowest BCUT2D eigenvalue weighted by atomic mass is 9.86. The molecule has 0 heterocycles. The van der Waals surface area contributed by atoms with Crippen molar-refractivity contribution in [2.75, 3.05) is 6.54 Å². The fourth-order valence-electron chi connectivity index (χ4n) is 2.16. The Kier molecular flexibility index (Phi) is 5.70. The molecule has 2 unspecified atom stereocenters. The molecule has 1 N–H and O–H groups in total. The van der Waals surface area contributed by atoms with E-state index in [0.29, 0.717) is 5.56 Å². The van der Waals surface area contributed by atoms with Crippen molar-refractivity contribution in [1.29, 1.82) is 0 Å². The molecule has 0 aromatic heterocycles. The molecule has 0 radical (unpaired) electrons. The molecular weight excluding hydrogens is 346 g/mol. The van der Waals surface area contributed by atoms with Crippen molar-refractivity contribution in [1.82, 2.24) is 5.01 Å². The lowest BCUT2D eigenvalue weighted by Gasteiger charge is -2.34. The predicted molar refractivity (Wildman–Crippen MR) is 70.2 cm³/mol. The Morgan fingerprint density at radius 1 is 1.17 bits per heavy atom. The summed E-state index contributed by atoms with van der Waals surface area (Å²) in [5, 5.41) is 16.6. The summed E-state index contributed by atoms with van der Waals surface area (Å²) < 4.78 is 77.0. The Hall–Kier alpha value is -2.04. The van der Waals surface area contributed by atoms with Gasteiger partial charge in [-0.3, -0.25) is 0 Å². The molecule has 0 amide bonds. The molecule has 1 rings (SSSR count). The first-order valence-corrected chi connectivity index (χ1v) is 6.60. The van der Waals surface area contributed by atoms with Crippen LogP contribution < -0.4 is 0 Å². The number of nitrogens with zero attached hydrogens (tertiary/aromatic N) is 2. The maximum absolute atomic E-state index is 13.1. The van der Waals surface area contributed by atoms with Crippen LogP contribution in [0.25, 0.3) is 0 Å². The zero-order valence-corrected chi connectivity index (χ0v) is 12.3. The van der Waals surface area contributed by atoms with E-state index in [0.717, 1.165) is 0 Å². The normalized spacial score (nSPS) is 16.3. The van der Waals surface area contributed by atoms with E-state index >= 15 is 0 Å². The number of nitro groups is 1. The second-order valence-electron chi connectivity index (χ2n) is 5.31. The molecule has 5 nitrogen and oxygen atoms in total. The van der Waals surface area contributed by atoms with Gasteiger partial charge in [0.15, 0.2) is 10.6 Å². The maximum atomic E-state index is 13.1. The van der Waals surface area contributed by atoms with Crippen LogP contribution in [0.3, 0.4) is 0 Å². The third-order valence-electron chi connectivity index (χ3n) is 3.44. The van der Waals surface area contributed by atoms with Gasteiger partial charge < -0.3 is 5.11 Å². The number of hydrogen-bond donors (Lipinski definition) is 1. The van der Waals surface area contributed by atoms with Gasteiger partial charge in [0, 0.05) is 0 Å². The van der Waals surface area contributed by atoms with Crippen molar-refractivity contribution in [2.45, 2.75) is 37.3 Å². The van der Waals surface area contributed by atoms with E-state index in [-0.39, 0.29) is 0 Å². The fraction of sp³-hybridized carbons (Fsp3) is 0.538. The van der Waals surface area contributed by atoms with Gasteiger partial charge in [0.1, 0.15) is 6.54 Å². The van der Waals surface area contributed by atoms with E-state index < -0.39 is 47.0 Å². The summed E-state index contributed by atoms with van der Waals surface area (Å²) in [7, 11) is 0. The van der Waals surface area contributed by atoms with Gasteiger partial charge in [-0.15, -0.1) is 13.2 Å². The number of halogens is 6. The van der Waals surface area contributed by atoms with Gasteiger partial charge in [-0.2, -0.15) is 13.2 Å². The van der Waals surface area contributed by atoms with E-state index in [2.05, 4.69) is 0 Å². The molecule has 2 atom stereocenters. The highest BCUT2D eigenvalue weighted by atomic mass is 19.4. The lowest BCUT2D eigenvalue weighted by molar-refractivity contribution is -0.711. The van der Waals surface area contributed by atoms with Crippen molar-refractivity contribution in [3.05, 3.63) is 46.0 Å². The first-order chi connectivity index (χ1) is 10.8. The molecule has 0 bridgehead atoms. The van der Waals surface area contributed by atoms with Crippen molar-refractivity contribution in [3.63, 3.8) is 0 Å². The molecule has 0 saturated heterocycles. The van der Waals surface area contributed by atoms with Gasteiger partial charge in [0.2, 0.25) is 0 Å². The fourth-order valence-corrected chi connectivity index (χ4v) is 2.16. The van der Waals surface area contributed by atoms with E-state index in [1.54, 1.807) is 6.07 Å². The zero-order valence-electron chi connectivity index (χ0n) is 12.3. The number of aliphatic hydroxyl groups is 1. The van der Waals surface area contributed by atoms with E-state index in [4.69, 9.17) is 0 Å². The minimum atomic E-state index is -5.67. The Morgan fingerprint density at radius 3 is 2.04 bits per heavy atom. The minimum absolute atomic E-state index is 0.347. The van der Waals surface area contributed by atoms with Crippen LogP contribution in [0.4, 0.5) is 26.3 Å². The summed E-state index contributed by atoms with van der Waals surface area (Å²) in [6.07, 6.45) is -12.3. The predicted octanol–water partition coefficient (Wildman–Crippen LogP) is 3.49. The van der Waals surface area contributed by atoms with Gasteiger partial charge in [-0.25, -0.2) is 10.1 Å². The lowest BCUT2D eigenvalue weighted by Crippen LogP contribution is -2.58. The average molecular weight is 360 g/mol. The third-order valence-corrected chi connectivity index (χ3v) is 3.44. The Bertz CT molecular complexity index is 563. The van der Waals surface area contributed by atoms with Crippen LogP contribution in [-0.2, 0) is 0 Å². The van der Waals surface area contributed by atoms with Crippen LogP contribution in [0.1, 0.15) is 24.8 Å². The molecule has 24 heavy (non-hydrogen) atoms. The molecule has 1 aromatic rings. The number of rotatable bonds is 6. The van der Waals surface area contributed by atoms with Crippen molar-refractivity contribution in [2.24, 2.45) is 0 Å². The highest BCUT2D eigenvalue weighted by molar-refractivity contribution is 5.19. The Morgan fingerprint density at radius 2 is 1.67 bits per heavy atom. The maximum Gasteiger partial charge on any atom is 0.536 e. The molecule has 0 aliphatic rings. The van der Waals surface area contributed by atoms with Crippen LogP contribution in [0.2, 0.25) is 0 Å². The molecule has 1 aromatic carbocycles. The van der Waals surface area contributed by atoms with Crippen molar-refractivity contribution < 1.29 is 36.5 Å². The average Bonchev–Trinajstić information content (AvgIpc) is 2.43. The van der Waals surface area contributed by atoms with Crippen LogP contribution in [-0.4, -0.2) is 39.8 Å². The van der Waals surface area contributed by atoms with Crippen LogP contribution in [0, 0.1) is 10.1 Å².